The van der Waals surface area contributed by atoms with E-state index < -0.39 is 0 Å². The third kappa shape index (κ3) is 3.40. The molecule has 1 fully saturated rings. The molecular weight excluding hydrogens is 310 g/mol. The van der Waals surface area contributed by atoms with Crippen LogP contribution in [-0.2, 0) is 0 Å². The first kappa shape index (κ1) is 16.8. The second-order valence-corrected chi connectivity index (χ2v) is 6.35. The molecule has 8 heteroatoms. The Morgan fingerprint density at radius 1 is 1.38 bits per heavy atom. The highest BCUT2D eigenvalue weighted by atomic mass is 16.3. The minimum Gasteiger partial charge on any atom is -0.396 e. The Morgan fingerprint density at radius 3 is 2.88 bits per heavy atom. The first-order chi connectivity index (χ1) is 11.6. The number of aliphatic hydroxyl groups is 2. The van der Waals surface area contributed by atoms with Crippen LogP contribution >= 0.6 is 0 Å². The molecule has 1 saturated heterocycles. The largest absolute Gasteiger partial charge is 0.396 e. The number of aliphatic hydroxyl groups excluding tert-OH is 2. The van der Waals surface area contributed by atoms with Crippen LogP contribution in [0.15, 0.2) is 24.7 Å². The highest BCUT2D eigenvalue weighted by molar-refractivity contribution is 5.93. The molecule has 0 radical (unpaired) electrons. The maximum atomic E-state index is 12.7. The summed E-state index contributed by atoms with van der Waals surface area (Å²) in [5.41, 5.74) is 0.370. The van der Waals surface area contributed by atoms with E-state index in [4.69, 9.17) is 5.11 Å². The summed E-state index contributed by atoms with van der Waals surface area (Å²) in [5, 5.41) is 18.6. The topological polar surface area (TPSA) is 94.2 Å². The summed E-state index contributed by atoms with van der Waals surface area (Å²) in [7, 11) is 1.93. The van der Waals surface area contributed by atoms with Crippen molar-refractivity contribution in [1.82, 2.24) is 24.2 Å². The van der Waals surface area contributed by atoms with Gasteiger partial charge in [-0.2, -0.15) is 0 Å². The molecule has 0 aliphatic carbocycles. The average molecular weight is 333 g/mol. The lowest BCUT2D eigenvalue weighted by Crippen LogP contribution is -2.33. The Labute approximate surface area is 140 Å². The molecule has 0 spiro atoms. The van der Waals surface area contributed by atoms with Crippen molar-refractivity contribution in [3.63, 3.8) is 0 Å². The SMILES string of the molecule is CN(CCO)C[C@@H]1CN(C(=O)c2cn3cccnc3n2)C[C@@H]1CO. The Hall–Kier alpha value is -2.03. The van der Waals surface area contributed by atoms with Crippen LogP contribution in [0.3, 0.4) is 0 Å². The van der Waals surface area contributed by atoms with Gasteiger partial charge in [-0.15, -0.1) is 0 Å². The Balaban J connectivity index is 1.71. The lowest BCUT2D eigenvalue weighted by atomic mass is 9.96. The van der Waals surface area contributed by atoms with E-state index in [1.165, 1.54) is 0 Å². The third-order valence-corrected chi connectivity index (χ3v) is 4.58. The van der Waals surface area contributed by atoms with Gasteiger partial charge in [-0.3, -0.25) is 9.20 Å². The minimum absolute atomic E-state index is 0.0465. The number of carbonyl (C=O) groups excluding carboxylic acids is 1. The van der Waals surface area contributed by atoms with E-state index in [1.807, 2.05) is 11.9 Å². The smallest absolute Gasteiger partial charge is 0.274 e. The number of likely N-dealkylation sites (N-methyl/N-ethyl adjacent to an activating group) is 1. The van der Waals surface area contributed by atoms with Gasteiger partial charge in [0.2, 0.25) is 5.78 Å². The zero-order valence-electron chi connectivity index (χ0n) is 13.7. The molecule has 0 saturated carbocycles. The van der Waals surface area contributed by atoms with Crippen LogP contribution in [0, 0.1) is 11.8 Å². The van der Waals surface area contributed by atoms with E-state index >= 15 is 0 Å². The maximum absolute atomic E-state index is 12.7. The summed E-state index contributed by atoms with van der Waals surface area (Å²) in [4.78, 5) is 24.9. The quantitative estimate of drug-likeness (QED) is 0.728. The average Bonchev–Trinajstić information content (AvgIpc) is 3.18. The van der Waals surface area contributed by atoms with Crippen LogP contribution in [0.1, 0.15) is 10.5 Å². The number of likely N-dealkylation sites (tertiary alicyclic amines) is 1. The van der Waals surface area contributed by atoms with Crippen molar-refractivity contribution < 1.29 is 15.0 Å². The molecule has 0 unspecified atom stereocenters. The second-order valence-electron chi connectivity index (χ2n) is 6.35. The van der Waals surface area contributed by atoms with Crippen LogP contribution in [0.25, 0.3) is 5.78 Å². The lowest BCUT2D eigenvalue weighted by molar-refractivity contribution is 0.0773. The second kappa shape index (κ2) is 7.25. The molecule has 1 aliphatic heterocycles. The summed E-state index contributed by atoms with van der Waals surface area (Å²) in [6, 6.07) is 1.79. The number of carbonyl (C=O) groups is 1. The standard InChI is InChI=1S/C16H23N5O3/c1-19(5-6-22)7-12-8-21(9-13(12)11-23)15(24)14-10-20-4-2-3-17-16(20)18-14/h2-4,10,12-13,22-23H,5-9,11H2,1H3/t12-,13-/m1/s1. The molecule has 0 aromatic carbocycles. The van der Waals surface area contributed by atoms with Crippen molar-refractivity contribution >= 4 is 11.7 Å². The van der Waals surface area contributed by atoms with Crippen molar-refractivity contribution in [3.8, 4) is 0 Å². The van der Waals surface area contributed by atoms with Gasteiger partial charge >= 0.3 is 0 Å². The molecule has 3 heterocycles. The monoisotopic (exact) mass is 333 g/mol. The van der Waals surface area contributed by atoms with Gasteiger partial charge in [-0.1, -0.05) is 0 Å². The summed E-state index contributed by atoms with van der Waals surface area (Å²) >= 11 is 0. The molecule has 0 bridgehead atoms. The molecule has 2 atom stereocenters. The zero-order chi connectivity index (χ0) is 17.1. The van der Waals surface area contributed by atoms with Gasteiger partial charge in [-0.25, -0.2) is 9.97 Å². The number of imidazole rings is 1. The van der Waals surface area contributed by atoms with Gasteiger partial charge in [0.05, 0.1) is 6.61 Å². The van der Waals surface area contributed by atoms with Crippen LogP contribution in [0.2, 0.25) is 0 Å². The van der Waals surface area contributed by atoms with Crippen molar-refractivity contribution in [3.05, 3.63) is 30.4 Å². The molecule has 8 nitrogen and oxygen atoms in total. The fourth-order valence-corrected chi connectivity index (χ4v) is 3.28. The molecule has 2 N–H and O–H groups in total. The van der Waals surface area contributed by atoms with Gasteiger partial charge in [0.25, 0.3) is 5.91 Å². The van der Waals surface area contributed by atoms with Gasteiger partial charge in [-0.05, 0) is 19.0 Å². The molecule has 2 aromatic heterocycles. The molecule has 24 heavy (non-hydrogen) atoms. The third-order valence-electron chi connectivity index (χ3n) is 4.58. The van der Waals surface area contributed by atoms with Gasteiger partial charge in [0.1, 0.15) is 5.69 Å². The van der Waals surface area contributed by atoms with Gasteiger partial charge in [0.15, 0.2) is 0 Å². The highest BCUT2D eigenvalue weighted by Gasteiger charge is 2.36. The number of nitrogens with zero attached hydrogens (tertiary/aromatic N) is 5. The van der Waals surface area contributed by atoms with Crippen molar-refractivity contribution in [2.24, 2.45) is 11.8 Å². The Kier molecular flexibility index (Phi) is 5.08. The number of amides is 1. The lowest BCUT2D eigenvalue weighted by Gasteiger charge is -2.22. The maximum Gasteiger partial charge on any atom is 0.274 e. The van der Waals surface area contributed by atoms with Crippen molar-refractivity contribution in [2.75, 3.05) is 46.4 Å². The van der Waals surface area contributed by atoms with E-state index in [1.54, 1.807) is 34.0 Å². The number of aromatic nitrogens is 3. The van der Waals surface area contributed by atoms with Crippen LogP contribution < -0.4 is 0 Å². The molecular formula is C16H23N5O3. The van der Waals surface area contributed by atoms with Crippen LogP contribution in [-0.4, -0.2) is 86.7 Å². The first-order valence-corrected chi connectivity index (χ1v) is 8.11. The summed E-state index contributed by atoms with van der Waals surface area (Å²) in [6.07, 6.45) is 5.13. The Morgan fingerprint density at radius 2 is 2.17 bits per heavy atom. The van der Waals surface area contributed by atoms with Crippen molar-refractivity contribution in [1.29, 1.82) is 0 Å². The van der Waals surface area contributed by atoms with Gasteiger partial charge < -0.3 is 20.0 Å². The predicted molar refractivity (Wildman–Crippen MR) is 87.5 cm³/mol. The van der Waals surface area contributed by atoms with E-state index in [-0.39, 0.29) is 31.0 Å². The minimum atomic E-state index is -0.133. The van der Waals surface area contributed by atoms with E-state index in [0.717, 1.165) is 6.54 Å². The number of hydrogen-bond donors (Lipinski definition) is 2. The zero-order valence-corrected chi connectivity index (χ0v) is 13.7. The molecule has 1 amide bonds. The van der Waals surface area contributed by atoms with Crippen LogP contribution in [0.4, 0.5) is 0 Å². The Bertz CT molecular complexity index is 671. The molecule has 2 aromatic rings. The van der Waals surface area contributed by atoms with Gasteiger partial charge in [0, 0.05) is 57.3 Å². The van der Waals surface area contributed by atoms with E-state index in [0.29, 0.717) is 31.1 Å². The van der Waals surface area contributed by atoms with E-state index in [9.17, 15) is 9.90 Å². The van der Waals surface area contributed by atoms with Crippen molar-refractivity contribution in [2.45, 2.75) is 0 Å². The summed E-state index contributed by atoms with van der Waals surface area (Å²) < 4.78 is 1.72. The summed E-state index contributed by atoms with van der Waals surface area (Å²) in [5.74, 6) is 0.597. The van der Waals surface area contributed by atoms with Crippen LogP contribution in [0.5, 0.6) is 0 Å². The highest BCUT2D eigenvalue weighted by Crippen LogP contribution is 2.25. The fourth-order valence-electron chi connectivity index (χ4n) is 3.28. The number of fused-ring (bicyclic) bond motifs is 1. The first-order valence-electron chi connectivity index (χ1n) is 8.11. The number of hydrogen-bond acceptors (Lipinski definition) is 6. The fraction of sp³-hybridized carbons (Fsp3) is 0.562. The molecule has 130 valence electrons. The van der Waals surface area contributed by atoms with E-state index in [2.05, 4.69) is 9.97 Å². The molecule has 1 aliphatic rings. The predicted octanol–water partition coefficient (Wildman–Crippen LogP) is -0.666. The normalized spacial score (nSPS) is 21.1. The summed E-state index contributed by atoms with van der Waals surface area (Å²) in [6.45, 7) is 2.58. The number of rotatable bonds is 6. The molecule has 3 rings (SSSR count).